The zero-order chi connectivity index (χ0) is 14.8. The summed E-state index contributed by atoms with van der Waals surface area (Å²) in [6.45, 7) is 5.96. The van der Waals surface area contributed by atoms with Crippen molar-refractivity contribution >= 4 is 17.2 Å². The molecule has 108 valence electrons. The largest absolute Gasteiger partial charge is 0.442 e. The Balaban J connectivity index is 2.27. The topological polar surface area (TPSA) is 66.6 Å². The number of amides is 1. The lowest BCUT2D eigenvalue weighted by molar-refractivity contribution is 0.0312. The summed E-state index contributed by atoms with van der Waals surface area (Å²) in [5.74, 6) is 0.256. The Morgan fingerprint density at radius 2 is 2.30 bits per heavy atom. The van der Waals surface area contributed by atoms with Gasteiger partial charge in [0, 0.05) is 13.1 Å². The summed E-state index contributed by atoms with van der Waals surface area (Å²) >= 11 is 1.49. The molecule has 0 saturated carbocycles. The average Bonchev–Trinajstić information content (AvgIpc) is 3.03. The molecule has 1 amide bonds. The molecule has 0 fully saturated rings. The third kappa shape index (κ3) is 3.26. The van der Waals surface area contributed by atoms with Gasteiger partial charge in [0.2, 0.25) is 0 Å². The number of aromatic nitrogens is 1. The van der Waals surface area contributed by atoms with Crippen molar-refractivity contribution in [3.63, 3.8) is 0 Å². The number of hydrogen-bond acceptors (Lipinski definition) is 5. The van der Waals surface area contributed by atoms with Crippen molar-refractivity contribution in [2.24, 2.45) is 0 Å². The summed E-state index contributed by atoms with van der Waals surface area (Å²) in [6.07, 6.45) is 1.28. The molecule has 0 bridgehead atoms. The van der Waals surface area contributed by atoms with Gasteiger partial charge in [-0.25, -0.2) is 4.98 Å². The molecule has 2 aromatic heterocycles. The van der Waals surface area contributed by atoms with Crippen LogP contribution < -0.4 is 0 Å². The van der Waals surface area contributed by atoms with Gasteiger partial charge in [-0.3, -0.25) is 4.79 Å². The number of rotatable bonds is 5. The molecule has 0 aromatic carbocycles. The molecule has 20 heavy (non-hydrogen) atoms. The molecular formula is C14H18N2O3S. The summed E-state index contributed by atoms with van der Waals surface area (Å²) < 4.78 is 5.34. The third-order valence-corrected chi connectivity index (χ3v) is 3.63. The zero-order valence-electron chi connectivity index (χ0n) is 11.8. The van der Waals surface area contributed by atoms with E-state index in [-0.39, 0.29) is 12.5 Å². The van der Waals surface area contributed by atoms with Gasteiger partial charge in [-0.1, -0.05) is 6.07 Å². The number of aliphatic hydroxyl groups is 1. The van der Waals surface area contributed by atoms with Crippen LogP contribution >= 0.6 is 11.3 Å². The highest BCUT2D eigenvalue weighted by molar-refractivity contribution is 7.13. The highest BCUT2D eigenvalue weighted by Crippen LogP contribution is 2.28. The van der Waals surface area contributed by atoms with Crippen LogP contribution in [0.3, 0.4) is 0 Å². The number of carbonyl (C=O) groups excluding carboxylic acids is 1. The van der Waals surface area contributed by atoms with E-state index in [1.165, 1.54) is 17.7 Å². The van der Waals surface area contributed by atoms with E-state index in [1.54, 1.807) is 18.7 Å². The monoisotopic (exact) mass is 294 g/mol. The molecule has 2 rings (SSSR count). The first-order chi connectivity index (χ1) is 9.42. The van der Waals surface area contributed by atoms with Gasteiger partial charge in [-0.2, -0.15) is 0 Å². The van der Waals surface area contributed by atoms with Crippen LogP contribution in [0.15, 0.2) is 28.3 Å². The van der Waals surface area contributed by atoms with Gasteiger partial charge in [0.1, 0.15) is 0 Å². The maximum absolute atomic E-state index is 12.5. The van der Waals surface area contributed by atoms with Crippen molar-refractivity contribution in [1.29, 1.82) is 0 Å². The number of carbonyl (C=O) groups is 1. The molecule has 0 atom stereocenters. The molecule has 0 aliphatic rings. The summed E-state index contributed by atoms with van der Waals surface area (Å²) in [7, 11) is 0. The molecule has 2 aromatic rings. The van der Waals surface area contributed by atoms with Gasteiger partial charge in [-0.15, -0.1) is 11.3 Å². The Labute approximate surface area is 121 Å². The van der Waals surface area contributed by atoms with Crippen LogP contribution in [0.4, 0.5) is 0 Å². The minimum atomic E-state index is -0.946. The molecule has 0 radical (unpaired) electrons. The van der Waals surface area contributed by atoms with Crippen molar-refractivity contribution in [3.05, 3.63) is 29.6 Å². The maximum Gasteiger partial charge on any atom is 0.276 e. The summed E-state index contributed by atoms with van der Waals surface area (Å²) in [4.78, 5) is 19.0. The molecule has 5 nitrogen and oxygen atoms in total. The molecule has 2 heterocycles. The molecule has 0 aliphatic heterocycles. The predicted molar refractivity (Wildman–Crippen MR) is 77.7 cm³/mol. The molecular weight excluding hydrogens is 276 g/mol. The van der Waals surface area contributed by atoms with Crippen molar-refractivity contribution in [2.45, 2.75) is 26.4 Å². The standard InChI is InChI=1S/C14H18N2O3S/c1-4-16(8-14(2,3)18)13(17)11-12(19-9-15-11)10-6-5-7-20-10/h5-7,9,18H,4,8H2,1-3H3. The lowest BCUT2D eigenvalue weighted by Crippen LogP contribution is -2.42. The number of nitrogens with zero attached hydrogens (tertiary/aromatic N) is 2. The summed E-state index contributed by atoms with van der Waals surface area (Å²) in [5, 5.41) is 11.8. The third-order valence-electron chi connectivity index (χ3n) is 2.76. The second-order valence-electron chi connectivity index (χ2n) is 5.14. The van der Waals surface area contributed by atoms with E-state index in [1.807, 2.05) is 24.4 Å². The van der Waals surface area contributed by atoms with Crippen molar-refractivity contribution < 1.29 is 14.3 Å². The van der Waals surface area contributed by atoms with E-state index in [4.69, 9.17) is 4.42 Å². The number of hydrogen-bond donors (Lipinski definition) is 1. The Kier molecular flexibility index (Phi) is 4.25. The van der Waals surface area contributed by atoms with Crippen LogP contribution in [-0.4, -0.2) is 39.6 Å². The second kappa shape index (κ2) is 5.76. The zero-order valence-corrected chi connectivity index (χ0v) is 12.6. The minimum Gasteiger partial charge on any atom is -0.442 e. The highest BCUT2D eigenvalue weighted by atomic mass is 32.1. The molecule has 0 aliphatic carbocycles. The van der Waals surface area contributed by atoms with Crippen molar-refractivity contribution in [2.75, 3.05) is 13.1 Å². The number of likely N-dealkylation sites (N-methyl/N-ethyl adjacent to an activating group) is 1. The second-order valence-corrected chi connectivity index (χ2v) is 6.09. The lowest BCUT2D eigenvalue weighted by Gasteiger charge is -2.27. The van der Waals surface area contributed by atoms with Gasteiger partial charge in [0.15, 0.2) is 17.8 Å². The van der Waals surface area contributed by atoms with Gasteiger partial charge >= 0.3 is 0 Å². The van der Waals surface area contributed by atoms with E-state index < -0.39 is 5.60 Å². The Morgan fingerprint density at radius 3 is 2.85 bits per heavy atom. The summed E-state index contributed by atoms with van der Waals surface area (Å²) in [6, 6.07) is 3.78. The Bertz CT molecular complexity index is 570. The normalized spacial score (nSPS) is 11.6. The van der Waals surface area contributed by atoms with Crippen LogP contribution in [-0.2, 0) is 0 Å². The quantitative estimate of drug-likeness (QED) is 0.920. The van der Waals surface area contributed by atoms with E-state index in [0.717, 1.165) is 4.88 Å². The van der Waals surface area contributed by atoms with Crippen LogP contribution in [0.2, 0.25) is 0 Å². The molecule has 0 unspecified atom stereocenters. The van der Waals surface area contributed by atoms with Crippen LogP contribution in [0.25, 0.3) is 10.6 Å². The van der Waals surface area contributed by atoms with E-state index in [2.05, 4.69) is 4.98 Å². The fourth-order valence-corrected chi connectivity index (χ4v) is 2.64. The van der Waals surface area contributed by atoms with Crippen LogP contribution in [0, 0.1) is 0 Å². The van der Waals surface area contributed by atoms with Crippen molar-refractivity contribution in [1.82, 2.24) is 9.88 Å². The number of oxazole rings is 1. The Hall–Kier alpha value is -1.66. The van der Waals surface area contributed by atoms with Crippen LogP contribution in [0.5, 0.6) is 0 Å². The smallest absolute Gasteiger partial charge is 0.276 e. The molecule has 0 spiro atoms. The van der Waals surface area contributed by atoms with Crippen molar-refractivity contribution in [3.8, 4) is 10.6 Å². The molecule has 6 heteroatoms. The first kappa shape index (κ1) is 14.7. The summed E-state index contributed by atoms with van der Waals surface area (Å²) in [5.41, 5.74) is -0.656. The molecule has 0 saturated heterocycles. The van der Waals surface area contributed by atoms with Gasteiger partial charge in [0.05, 0.1) is 10.5 Å². The Morgan fingerprint density at radius 1 is 1.55 bits per heavy atom. The fraction of sp³-hybridized carbons (Fsp3) is 0.429. The highest BCUT2D eigenvalue weighted by Gasteiger charge is 2.27. The molecule has 1 N–H and O–H groups in total. The fourth-order valence-electron chi connectivity index (χ4n) is 1.93. The predicted octanol–water partition coefficient (Wildman–Crippen LogP) is 2.64. The number of thiophene rings is 1. The maximum atomic E-state index is 12.5. The van der Waals surface area contributed by atoms with Gasteiger partial charge in [-0.05, 0) is 32.2 Å². The first-order valence-corrected chi connectivity index (χ1v) is 7.29. The minimum absolute atomic E-state index is 0.230. The lowest BCUT2D eigenvalue weighted by atomic mass is 10.1. The van der Waals surface area contributed by atoms with E-state index in [0.29, 0.717) is 18.0 Å². The van der Waals surface area contributed by atoms with Gasteiger partial charge in [0.25, 0.3) is 5.91 Å². The van der Waals surface area contributed by atoms with Gasteiger partial charge < -0.3 is 14.4 Å². The SMILES string of the molecule is CCN(CC(C)(C)O)C(=O)c1ncoc1-c1cccs1. The van der Waals surface area contributed by atoms with E-state index in [9.17, 15) is 9.90 Å². The average molecular weight is 294 g/mol. The van der Waals surface area contributed by atoms with E-state index >= 15 is 0 Å². The van der Waals surface area contributed by atoms with Crippen LogP contribution in [0.1, 0.15) is 31.3 Å². The first-order valence-electron chi connectivity index (χ1n) is 6.41.